The van der Waals surface area contributed by atoms with Crippen LogP contribution in [0.15, 0.2) is 5.38 Å². The zero-order valence-corrected chi connectivity index (χ0v) is 14.3. The summed E-state index contributed by atoms with van der Waals surface area (Å²) in [5, 5.41) is 9.96. The zero-order valence-electron chi connectivity index (χ0n) is 13.4. The van der Waals surface area contributed by atoms with Crippen molar-refractivity contribution in [2.75, 3.05) is 6.54 Å². The third-order valence-electron chi connectivity index (χ3n) is 4.96. The molecule has 1 aliphatic heterocycles. The van der Waals surface area contributed by atoms with E-state index in [9.17, 15) is 4.79 Å². The van der Waals surface area contributed by atoms with Crippen molar-refractivity contribution in [3.8, 4) is 0 Å². The van der Waals surface area contributed by atoms with E-state index in [2.05, 4.69) is 21.0 Å². The smallest absolute Gasteiger partial charge is 0.237 e. The molecule has 2 heterocycles. The molecule has 2 fully saturated rings. The highest BCUT2D eigenvalue weighted by atomic mass is 32.1. The van der Waals surface area contributed by atoms with E-state index in [-0.39, 0.29) is 11.9 Å². The summed E-state index contributed by atoms with van der Waals surface area (Å²) in [6.07, 6.45) is 9.40. The molecule has 1 saturated carbocycles. The van der Waals surface area contributed by atoms with Crippen molar-refractivity contribution in [2.45, 2.75) is 70.4 Å². The molecule has 3 atom stereocenters. The van der Waals surface area contributed by atoms with Crippen molar-refractivity contribution in [1.82, 2.24) is 15.6 Å². The van der Waals surface area contributed by atoms with Crippen LogP contribution < -0.4 is 10.6 Å². The fourth-order valence-electron chi connectivity index (χ4n) is 3.77. The second-order valence-electron chi connectivity index (χ2n) is 6.74. The summed E-state index contributed by atoms with van der Waals surface area (Å²) in [4.78, 5) is 16.7. The summed E-state index contributed by atoms with van der Waals surface area (Å²) in [6, 6.07) is 0.646. The van der Waals surface area contributed by atoms with Crippen LogP contribution in [0.25, 0.3) is 0 Å². The van der Waals surface area contributed by atoms with Gasteiger partial charge in [0.2, 0.25) is 5.91 Å². The highest BCUT2D eigenvalue weighted by Gasteiger charge is 2.37. The first-order valence-electron chi connectivity index (χ1n) is 8.67. The molecule has 0 radical (unpaired) electrons. The first kappa shape index (κ1) is 15.9. The molecule has 0 bridgehead atoms. The van der Waals surface area contributed by atoms with Gasteiger partial charge in [-0.25, -0.2) is 4.98 Å². The van der Waals surface area contributed by atoms with E-state index < -0.39 is 0 Å². The van der Waals surface area contributed by atoms with Gasteiger partial charge in [-0.15, -0.1) is 11.3 Å². The molecule has 1 aromatic rings. The van der Waals surface area contributed by atoms with Gasteiger partial charge in [-0.1, -0.05) is 12.8 Å². The summed E-state index contributed by atoms with van der Waals surface area (Å²) in [7, 11) is 0. The van der Waals surface area contributed by atoms with Crippen molar-refractivity contribution in [2.24, 2.45) is 5.92 Å². The largest absolute Gasteiger partial charge is 0.355 e. The number of thiazole rings is 1. The molecule has 0 spiro atoms. The minimum Gasteiger partial charge on any atom is -0.355 e. The lowest BCUT2D eigenvalue weighted by Crippen LogP contribution is -2.43. The maximum Gasteiger partial charge on any atom is 0.237 e. The molecular formula is C17H27N3OS. The number of fused-ring (bicyclic) bond motifs is 1. The van der Waals surface area contributed by atoms with Crippen molar-refractivity contribution in [3.63, 3.8) is 0 Å². The van der Waals surface area contributed by atoms with E-state index in [1.165, 1.54) is 30.7 Å². The van der Waals surface area contributed by atoms with Crippen LogP contribution in [0.5, 0.6) is 0 Å². The highest BCUT2D eigenvalue weighted by Crippen LogP contribution is 2.33. The quantitative estimate of drug-likeness (QED) is 0.792. The van der Waals surface area contributed by atoms with Crippen LogP contribution in [0, 0.1) is 12.8 Å². The first-order valence-corrected chi connectivity index (χ1v) is 9.55. The highest BCUT2D eigenvalue weighted by molar-refractivity contribution is 7.09. The molecule has 2 aliphatic rings. The average molecular weight is 321 g/mol. The van der Waals surface area contributed by atoms with Crippen LogP contribution in [-0.2, 0) is 11.2 Å². The van der Waals surface area contributed by atoms with Crippen LogP contribution in [0.3, 0.4) is 0 Å². The summed E-state index contributed by atoms with van der Waals surface area (Å²) >= 11 is 1.74. The number of unbranched alkanes of at least 4 members (excludes halogenated alkanes) is 1. The van der Waals surface area contributed by atoms with Gasteiger partial charge in [0.05, 0.1) is 11.0 Å². The van der Waals surface area contributed by atoms with E-state index in [4.69, 9.17) is 0 Å². The van der Waals surface area contributed by atoms with Crippen LogP contribution in [0.1, 0.15) is 55.6 Å². The number of hydrogen-bond donors (Lipinski definition) is 2. The third-order valence-corrected chi connectivity index (χ3v) is 5.99. The molecule has 1 aliphatic carbocycles. The molecule has 1 saturated heterocycles. The number of aromatic nitrogens is 1. The second kappa shape index (κ2) is 7.55. The van der Waals surface area contributed by atoms with Crippen molar-refractivity contribution >= 4 is 17.2 Å². The summed E-state index contributed by atoms with van der Waals surface area (Å²) < 4.78 is 0. The van der Waals surface area contributed by atoms with E-state index in [0.717, 1.165) is 43.8 Å². The van der Waals surface area contributed by atoms with E-state index in [1.54, 1.807) is 11.3 Å². The Morgan fingerprint density at radius 3 is 3.05 bits per heavy atom. The molecule has 22 heavy (non-hydrogen) atoms. The second-order valence-corrected chi connectivity index (χ2v) is 7.68. The number of hydrogen-bond acceptors (Lipinski definition) is 4. The van der Waals surface area contributed by atoms with Crippen LogP contribution in [-0.4, -0.2) is 29.5 Å². The van der Waals surface area contributed by atoms with Gasteiger partial charge in [0.15, 0.2) is 0 Å². The van der Waals surface area contributed by atoms with E-state index >= 15 is 0 Å². The van der Waals surface area contributed by atoms with E-state index in [0.29, 0.717) is 6.04 Å². The average Bonchev–Trinajstić information content (AvgIpc) is 3.12. The Kier molecular flexibility index (Phi) is 5.47. The molecule has 3 rings (SSSR count). The van der Waals surface area contributed by atoms with Gasteiger partial charge in [-0.3, -0.25) is 4.79 Å². The third kappa shape index (κ3) is 4.07. The number of nitrogens with zero attached hydrogens (tertiary/aromatic N) is 1. The number of amides is 1. The van der Waals surface area contributed by atoms with Crippen LogP contribution >= 0.6 is 11.3 Å². The SMILES string of the molecule is Cc1csc(CCCCNC(=O)C2CC3CCCCC3N2)n1. The standard InChI is InChI=1S/C17H27N3OS/c1-12-11-22-16(19-12)8-4-5-9-18-17(21)15-10-13-6-2-3-7-14(13)20-15/h11,13-15,20H,2-10H2,1H3,(H,18,21). The summed E-state index contributed by atoms with van der Waals surface area (Å²) in [5.41, 5.74) is 1.11. The normalized spacial score (nSPS) is 27.6. The Hall–Kier alpha value is -0.940. The van der Waals surface area contributed by atoms with Gasteiger partial charge in [-0.2, -0.15) is 0 Å². The predicted molar refractivity (Wildman–Crippen MR) is 90.1 cm³/mol. The fourth-order valence-corrected chi connectivity index (χ4v) is 4.59. The van der Waals surface area contributed by atoms with Gasteiger partial charge < -0.3 is 10.6 Å². The Bertz CT molecular complexity index is 488. The minimum absolute atomic E-state index is 0.0507. The molecule has 1 amide bonds. The van der Waals surface area contributed by atoms with Crippen molar-refractivity contribution in [1.29, 1.82) is 0 Å². The Morgan fingerprint density at radius 1 is 1.41 bits per heavy atom. The lowest BCUT2D eigenvalue weighted by molar-refractivity contribution is -0.122. The monoisotopic (exact) mass is 321 g/mol. The first-order chi connectivity index (χ1) is 10.7. The van der Waals surface area contributed by atoms with Gasteiger partial charge in [-0.05, 0) is 51.4 Å². The maximum absolute atomic E-state index is 12.2. The molecule has 122 valence electrons. The number of rotatable bonds is 6. The van der Waals surface area contributed by atoms with Gasteiger partial charge in [0, 0.05) is 23.7 Å². The maximum atomic E-state index is 12.2. The van der Waals surface area contributed by atoms with Gasteiger partial charge in [0.25, 0.3) is 0 Å². The number of aryl methyl sites for hydroxylation is 2. The molecule has 4 nitrogen and oxygen atoms in total. The lowest BCUT2D eigenvalue weighted by atomic mass is 9.85. The Labute approximate surface area is 137 Å². The predicted octanol–water partition coefficient (Wildman–Crippen LogP) is 2.81. The van der Waals surface area contributed by atoms with Crippen molar-refractivity contribution in [3.05, 3.63) is 16.1 Å². The molecule has 5 heteroatoms. The Morgan fingerprint density at radius 2 is 2.27 bits per heavy atom. The summed E-state index contributed by atoms with van der Waals surface area (Å²) in [5.74, 6) is 0.942. The van der Waals surface area contributed by atoms with Gasteiger partial charge in [0.1, 0.15) is 0 Å². The lowest BCUT2D eigenvalue weighted by Gasteiger charge is -2.24. The number of nitrogens with one attached hydrogen (secondary N) is 2. The minimum atomic E-state index is 0.0507. The molecule has 3 unspecified atom stereocenters. The van der Waals surface area contributed by atoms with Crippen LogP contribution in [0.2, 0.25) is 0 Å². The van der Waals surface area contributed by atoms with Crippen molar-refractivity contribution < 1.29 is 4.79 Å². The fraction of sp³-hybridized carbons (Fsp3) is 0.765. The van der Waals surface area contributed by atoms with E-state index in [1.807, 2.05) is 6.92 Å². The number of carbonyl (C=O) groups is 1. The zero-order chi connectivity index (χ0) is 15.4. The molecule has 1 aromatic heterocycles. The topological polar surface area (TPSA) is 54.0 Å². The number of carbonyl (C=O) groups excluding carboxylic acids is 1. The molecular weight excluding hydrogens is 294 g/mol. The molecule has 2 N–H and O–H groups in total. The summed E-state index contributed by atoms with van der Waals surface area (Å²) in [6.45, 7) is 2.82. The Balaban J connectivity index is 1.31. The molecule has 0 aromatic carbocycles. The van der Waals surface area contributed by atoms with Crippen LogP contribution in [0.4, 0.5) is 0 Å². The van der Waals surface area contributed by atoms with Gasteiger partial charge >= 0.3 is 0 Å².